The van der Waals surface area contributed by atoms with Crippen molar-refractivity contribution in [1.82, 2.24) is 0 Å². The molecular weight excluding hydrogens is 276 g/mol. The minimum atomic E-state index is 0.286. The molecular formula is C23H30. The van der Waals surface area contributed by atoms with Crippen molar-refractivity contribution in [3.05, 3.63) is 64.8 Å². The Balaban J connectivity index is 2.01. The lowest BCUT2D eigenvalue weighted by molar-refractivity contribution is 0.257. The first-order valence-electron chi connectivity index (χ1n) is 8.86. The van der Waals surface area contributed by atoms with Crippen molar-refractivity contribution in [2.75, 3.05) is 0 Å². The first kappa shape index (κ1) is 16.3. The number of rotatable bonds is 2. The predicted octanol–water partition coefficient (Wildman–Crippen LogP) is 6.73. The van der Waals surface area contributed by atoms with E-state index in [1.807, 2.05) is 0 Å². The maximum absolute atomic E-state index is 4.45. The van der Waals surface area contributed by atoms with E-state index in [1.165, 1.54) is 35.1 Å². The molecule has 1 aromatic carbocycles. The van der Waals surface area contributed by atoms with Crippen LogP contribution in [0.15, 0.2) is 53.6 Å². The van der Waals surface area contributed by atoms with Gasteiger partial charge in [0.2, 0.25) is 0 Å². The van der Waals surface area contributed by atoms with Crippen LogP contribution >= 0.6 is 0 Å². The van der Waals surface area contributed by atoms with Gasteiger partial charge in [-0.05, 0) is 52.9 Å². The number of benzene rings is 1. The third-order valence-corrected chi connectivity index (χ3v) is 6.07. The van der Waals surface area contributed by atoms with Gasteiger partial charge in [-0.25, -0.2) is 0 Å². The summed E-state index contributed by atoms with van der Waals surface area (Å²) in [4.78, 5) is 0. The summed E-state index contributed by atoms with van der Waals surface area (Å²) in [6.45, 7) is 18.6. The molecule has 0 aromatic heterocycles. The molecule has 1 unspecified atom stereocenters. The maximum atomic E-state index is 4.45. The molecule has 0 heteroatoms. The second kappa shape index (κ2) is 5.23. The van der Waals surface area contributed by atoms with Crippen LogP contribution in [0.4, 0.5) is 0 Å². The Bertz CT molecular complexity index is 705. The minimum Gasteiger partial charge on any atom is -0.0909 e. The van der Waals surface area contributed by atoms with Gasteiger partial charge in [0, 0.05) is 5.92 Å². The Kier molecular flexibility index (Phi) is 3.71. The van der Waals surface area contributed by atoms with Crippen molar-refractivity contribution in [2.24, 2.45) is 16.7 Å². The highest BCUT2D eigenvalue weighted by atomic mass is 14.5. The molecule has 2 aliphatic rings. The van der Waals surface area contributed by atoms with Gasteiger partial charge in [-0.2, -0.15) is 0 Å². The van der Waals surface area contributed by atoms with E-state index in [-0.39, 0.29) is 5.41 Å². The molecule has 0 aliphatic heterocycles. The number of hydrogen-bond acceptors (Lipinski definition) is 0. The van der Waals surface area contributed by atoms with Crippen LogP contribution < -0.4 is 0 Å². The van der Waals surface area contributed by atoms with Crippen LogP contribution in [0.1, 0.15) is 58.6 Å². The van der Waals surface area contributed by atoms with Crippen LogP contribution in [0.2, 0.25) is 0 Å². The van der Waals surface area contributed by atoms with Crippen molar-refractivity contribution >= 4 is 5.57 Å². The summed E-state index contributed by atoms with van der Waals surface area (Å²) in [7, 11) is 0. The molecule has 0 amide bonds. The van der Waals surface area contributed by atoms with Crippen molar-refractivity contribution in [3.8, 4) is 0 Å². The Labute approximate surface area is 142 Å². The first-order chi connectivity index (χ1) is 10.6. The lowest BCUT2D eigenvalue weighted by Gasteiger charge is -2.42. The molecule has 3 rings (SSSR count). The van der Waals surface area contributed by atoms with Gasteiger partial charge in [-0.15, -0.1) is 0 Å². The van der Waals surface area contributed by atoms with Crippen molar-refractivity contribution < 1.29 is 0 Å². The molecule has 0 saturated heterocycles. The molecule has 2 aliphatic carbocycles. The maximum Gasteiger partial charge on any atom is 0.00372 e. The van der Waals surface area contributed by atoms with E-state index in [0.717, 1.165) is 0 Å². The average molecular weight is 306 g/mol. The van der Waals surface area contributed by atoms with Crippen LogP contribution in [-0.2, 0) is 0 Å². The fraction of sp³-hybridized carbons (Fsp3) is 0.478. The minimum absolute atomic E-state index is 0.286. The Morgan fingerprint density at radius 1 is 1.00 bits per heavy atom. The van der Waals surface area contributed by atoms with E-state index < -0.39 is 0 Å². The molecule has 0 N–H and O–H groups in total. The van der Waals surface area contributed by atoms with Crippen molar-refractivity contribution in [2.45, 2.75) is 54.4 Å². The largest absolute Gasteiger partial charge is 0.0909 e. The van der Waals surface area contributed by atoms with E-state index in [4.69, 9.17) is 0 Å². The summed E-state index contributed by atoms with van der Waals surface area (Å²) >= 11 is 0. The molecule has 23 heavy (non-hydrogen) atoms. The summed E-state index contributed by atoms with van der Waals surface area (Å²) in [5, 5.41) is 0. The third-order valence-electron chi connectivity index (χ3n) is 6.07. The average Bonchev–Trinajstić information content (AvgIpc) is 2.84. The second-order valence-electron chi connectivity index (χ2n) is 8.76. The molecule has 0 bridgehead atoms. The number of allylic oxidation sites excluding steroid dienone is 5. The first-order valence-corrected chi connectivity index (χ1v) is 8.86. The van der Waals surface area contributed by atoms with Gasteiger partial charge in [0.05, 0.1) is 0 Å². The molecule has 122 valence electrons. The van der Waals surface area contributed by atoms with Crippen LogP contribution in [-0.4, -0.2) is 0 Å². The van der Waals surface area contributed by atoms with E-state index in [2.05, 4.69) is 78.5 Å². The van der Waals surface area contributed by atoms with Gasteiger partial charge in [0.1, 0.15) is 0 Å². The van der Waals surface area contributed by atoms with Gasteiger partial charge < -0.3 is 0 Å². The zero-order valence-electron chi connectivity index (χ0n) is 15.6. The fourth-order valence-corrected chi connectivity index (χ4v) is 4.42. The lowest BCUT2D eigenvalue weighted by Crippen LogP contribution is -2.30. The highest BCUT2D eigenvalue weighted by Gasteiger charge is 2.44. The summed E-state index contributed by atoms with van der Waals surface area (Å²) in [5.74, 6) is 0.480. The van der Waals surface area contributed by atoms with Gasteiger partial charge in [0.15, 0.2) is 0 Å². The molecule has 0 fully saturated rings. The smallest absolute Gasteiger partial charge is 0.00372 e. The van der Waals surface area contributed by atoms with Crippen molar-refractivity contribution in [1.29, 1.82) is 0 Å². The zero-order valence-corrected chi connectivity index (χ0v) is 15.6. The molecule has 0 spiro atoms. The summed E-state index contributed by atoms with van der Waals surface area (Å²) in [6.07, 6.45) is 5.01. The standard InChI is InChI=1S/C23H30/c1-15-8-10-18(11-9-15)16(2)19-14-20-21(17(19)3)23(6,7)13-12-22(20,4)5/h8-11,14,17H,2,12-13H2,1,3-7H3. The Morgan fingerprint density at radius 3 is 2.13 bits per heavy atom. The molecule has 1 atom stereocenters. The summed E-state index contributed by atoms with van der Waals surface area (Å²) in [6, 6.07) is 8.78. The topological polar surface area (TPSA) is 0 Å². The monoisotopic (exact) mass is 306 g/mol. The lowest BCUT2D eigenvalue weighted by atomic mass is 9.62. The van der Waals surface area contributed by atoms with Crippen LogP contribution in [0, 0.1) is 23.7 Å². The van der Waals surface area contributed by atoms with Crippen LogP contribution in [0.3, 0.4) is 0 Å². The van der Waals surface area contributed by atoms with Gasteiger partial charge >= 0.3 is 0 Å². The van der Waals surface area contributed by atoms with Crippen molar-refractivity contribution in [3.63, 3.8) is 0 Å². The molecule has 1 aromatic rings. The van der Waals surface area contributed by atoms with Gasteiger partial charge in [0.25, 0.3) is 0 Å². The highest BCUT2D eigenvalue weighted by molar-refractivity contribution is 5.81. The Morgan fingerprint density at radius 2 is 1.57 bits per heavy atom. The number of aryl methyl sites for hydroxylation is 1. The normalized spacial score (nSPS) is 25.1. The molecule has 0 radical (unpaired) electrons. The number of hydrogen-bond donors (Lipinski definition) is 0. The zero-order chi connectivity index (χ0) is 17.0. The Hall–Kier alpha value is -1.56. The van der Waals surface area contributed by atoms with E-state index in [9.17, 15) is 0 Å². The van der Waals surface area contributed by atoms with Gasteiger partial charge in [-0.1, -0.05) is 82.7 Å². The fourth-order valence-electron chi connectivity index (χ4n) is 4.42. The van der Waals surface area contributed by atoms with Crippen LogP contribution in [0.25, 0.3) is 5.57 Å². The molecule has 0 nitrogen and oxygen atoms in total. The van der Waals surface area contributed by atoms with E-state index in [1.54, 1.807) is 11.1 Å². The summed E-state index contributed by atoms with van der Waals surface area (Å²) in [5.41, 5.74) is 8.98. The highest BCUT2D eigenvalue weighted by Crippen LogP contribution is 2.57. The third kappa shape index (κ3) is 2.63. The quantitative estimate of drug-likeness (QED) is 0.568. The van der Waals surface area contributed by atoms with E-state index >= 15 is 0 Å². The van der Waals surface area contributed by atoms with E-state index in [0.29, 0.717) is 11.3 Å². The van der Waals surface area contributed by atoms with Gasteiger partial charge in [-0.3, -0.25) is 0 Å². The summed E-state index contributed by atoms with van der Waals surface area (Å²) < 4.78 is 0. The second-order valence-corrected chi connectivity index (χ2v) is 8.76. The molecule has 0 heterocycles. The van der Waals surface area contributed by atoms with Crippen LogP contribution in [0.5, 0.6) is 0 Å². The molecule has 0 saturated carbocycles. The SMILES string of the molecule is C=C(C1=CC2=C(C1C)C(C)(C)CCC2(C)C)c1ccc(C)cc1. The predicted molar refractivity (Wildman–Crippen MR) is 101 cm³/mol.